The van der Waals surface area contributed by atoms with Crippen molar-refractivity contribution >= 4 is 34.2 Å². The summed E-state index contributed by atoms with van der Waals surface area (Å²) in [5, 5.41) is 11.3. The number of para-hydroxylation sites is 1. The molecule has 0 aromatic heterocycles. The van der Waals surface area contributed by atoms with Crippen LogP contribution in [0.2, 0.25) is 0 Å². The summed E-state index contributed by atoms with van der Waals surface area (Å²) in [5.41, 5.74) is 1.06. The molecule has 66 valence electrons. The summed E-state index contributed by atoms with van der Waals surface area (Å²) in [5.74, 6) is -0.0942. The Morgan fingerprint density at radius 2 is 2.23 bits per heavy atom. The summed E-state index contributed by atoms with van der Waals surface area (Å²) < 4.78 is 0.386. The summed E-state index contributed by atoms with van der Waals surface area (Å²) in [7, 11) is 0. The molecule has 0 heterocycles. The zero-order valence-corrected chi connectivity index (χ0v) is 8.91. The molecule has 1 rings (SSSR count). The average Bonchev–Trinajstić information content (AvgIpc) is 2.18. The maximum atomic E-state index is 11.0. The number of hydrogen-bond acceptors (Lipinski definition) is 2. The molecule has 0 aliphatic carbocycles. The Bertz CT molecular complexity index is 357. The van der Waals surface area contributed by atoms with Gasteiger partial charge in [-0.1, -0.05) is 34.7 Å². The van der Waals surface area contributed by atoms with Crippen LogP contribution >= 0.6 is 22.6 Å². The van der Waals surface area contributed by atoms with Crippen molar-refractivity contribution < 1.29 is 4.79 Å². The number of amides is 1. The monoisotopic (exact) mass is 286 g/mol. The van der Waals surface area contributed by atoms with Crippen LogP contribution in [0.5, 0.6) is 0 Å². The summed E-state index contributed by atoms with van der Waals surface area (Å²) in [4.78, 5) is 11.0. The minimum absolute atomic E-state index is 0.0942. The van der Waals surface area contributed by atoms with Gasteiger partial charge in [-0.05, 0) is 12.1 Å². The lowest BCUT2D eigenvalue weighted by molar-refractivity contribution is -0.113. The highest BCUT2D eigenvalue weighted by Gasteiger charge is 2.03. The minimum atomic E-state index is -0.0942. The van der Waals surface area contributed by atoms with Crippen molar-refractivity contribution in [2.45, 2.75) is 0 Å². The van der Waals surface area contributed by atoms with Gasteiger partial charge in [-0.3, -0.25) is 4.79 Å². The molecule has 1 N–H and O–H groups in total. The Hall–Kier alpha value is -1.09. The lowest BCUT2D eigenvalue weighted by Gasteiger charge is -2.03. The number of halogens is 1. The highest BCUT2D eigenvalue weighted by molar-refractivity contribution is 14.1. The fourth-order valence-corrected chi connectivity index (χ4v) is 1.06. The maximum absolute atomic E-state index is 11.0. The third kappa shape index (κ3) is 2.70. The van der Waals surface area contributed by atoms with E-state index in [-0.39, 0.29) is 5.91 Å². The Balaban J connectivity index is 2.89. The van der Waals surface area contributed by atoms with Crippen LogP contribution in [0.1, 0.15) is 5.56 Å². The summed E-state index contributed by atoms with van der Waals surface area (Å²) in [6.45, 7) is 0. The van der Waals surface area contributed by atoms with Gasteiger partial charge in [-0.15, -0.1) is 0 Å². The number of nitrogens with one attached hydrogen (secondary N) is 1. The molecule has 0 spiro atoms. The third-order valence-corrected chi connectivity index (χ3v) is 2.14. The van der Waals surface area contributed by atoms with Gasteiger partial charge in [0.25, 0.3) is 0 Å². The number of alkyl halides is 1. The predicted octanol–water partition coefficient (Wildman–Crippen LogP) is 1.93. The molecule has 0 saturated carbocycles. The van der Waals surface area contributed by atoms with Crippen LogP contribution in [0, 0.1) is 11.3 Å². The number of rotatable bonds is 2. The van der Waals surface area contributed by atoms with E-state index in [1.807, 2.05) is 28.7 Å². The van der Waals surface area contributed by atoms with Crippen molar-refractivity contribution in [1.82, 2.24) is 0 Å². The zero-order chi connectivity index (χ0) is 9.68. The molecule has 3 nitrogen and oxygen atoms in total. The first kappa shape index (κ1) is 9.99. The van der Waals surface area contributed by atoms with Gasteiger partial charge in [0, 0.05) is 0 Å². The van der Waals surface area contributed by atoms with Gasteiger partial charge in [0.2, 0.25) is 5.91 Å². The second-order valence-corrected chi connectivity index (χ2v) is 3.10. The van der Waals surface area contributed by atoms with E-state index in [9.17, 15) is 4.79 Å². The molecule has 0 saturated heterocycles. The van der Waals surface area contributed by atoms with Crippen molar-refractivity contribution in [3.63, 3.8) is 0 Å². The van der Waals surface area contributed by atoms with Crippen molar-refractivity contribution in [1.29, 1.82) is 5.26 Å². The number of carbonyl (C=O) groups excluding carboxylic acids is 1. The SMILES string of the molecule is N#Cc1ccccc1NC(=O)CI. The minimum Gasteiger partial charge on any atom is -0.324 e. The number of carbonyl (C=O) groups is 1. The average molecular weight is 286 g/mol. The first-order valence-electron chi connectivity index (χ1n) is 3.63. The Morgan fingerprint density at radius 3 is 2.85 bits per heavy atom. The van der Waals surface area contributed by atoms with Crippen LogP contribution < -0.4 is 5.32 Å². The standard InChI is InChI=1S/C9H7IN2O/c10-5-9(13)12-8-4-2-1-3-7(8)6-11/h1-4H,5H2,(H,12,13). The van der Waals surface area contributed by atoms with Gasteiger partial charge in [-0.2, -0.15) is 5.26 Å². The molecule has 0 bridgehead atoms. The van der Waals surface area contributed by atoms with E-state index in [1.165, 1.54) is 0 Å². The maximum Gasteiger partial charge on any atom is 0.234 e. The van der Waals surface area contributed by atoms with Gasteiger partial charge in [0.15, 0.2) is 0 Å². The molecule has 4 heteroatoms. The number of benzene rings is 1. The third-order valence-electron chi connectivity index (χ3n) is 1.44. The molecule has 0 unspecified atom stereocenters. The molecule has 0 aliphatic rings. The van der Waals surface area contributed by atoms with Crippen LogP contribution in [-0.4, -0.2) is 10.3 Å². The normalized spacial score (nSPS) is 8.92. The second-order valence-electron chi connectivity index (χ2n) is 2.34. The molecule has 0 fully saturated rings. The fraction of sp³-hybridized carbons (Fsp3) is 0.111. The van der Waals surface area contributed by atoms with Gasteiger partial charge < -0.3 is 5.32 Å². The van der Waals surface area contributed by atoms with Crippen LogP contribution in [0.25, 0.3) is 0 Å². The first-order valence-corrected chi connectivity index (χ1v) is 5.15. The van der Waals surface area contributed by atoms with Crippen molar-refractivity contribution in [2.24, 2.45) is 0 Å². The fourth-order valence-electron chi connectivity index (χ4n) is 0.873. The molecular weight excluding hydrogens is 279 g/mol. The predicted molar refractivity (Wildman–Crippen MR) is 58.7 cm³/mol. The van der Waals surface area contributed by atoms with E-state index >= 15 is 0 Å². The Kier molecular flexibility index (Phi) is 3.71. The van der Waals surface area contributed by atoms with Gasteiger partial charge in [0.1, 0.15) is 6.07 Å². The first-order chi connectivity index (χ1) is 6.27. The van der Waals surface area contributed by atoms with E-state index in [0.29, 0.717) is 15.7 Å². The van der Waals surface area contributed by atoms with Crippen LogP contribution in [0.3, 0.4) is 0 Å². The van der Waals surface area contributed by atoms with Crippen LogP contribution in [0.4, 0.5) is 5.69 Å². The summed E-state index contributed by atoms with van der Waals surface area (Å²) in [6.07, 6.45) is 0. The van der Waals surface area contributed by atoms with Crippen molar-refractivity contribution in [2.75, 3.05) is 9.74 Å². The molecule has 0 aliphatic heterocycles. The highest BCUT2D eigenvalue weighted by Crippen LogP contribution is 2.13. The van der Waals surface area contributed by atoms with Crippen molar-refractivity contribution in [3.05, 3.63) is 29.8 Å². The van der Waals surface area contributed by atoms with E-state index in [1.54, 1.807) is 24.3 Å². The van der Waals surface area contributed by atoms with E-state index in [0.717, 1.165) is 0 Å². The molecule has 1 aromatic carbocycles. The molecule has 1 aromatic rings. The zero-order valence-electron chi connectivity index (χ0n) is 6.75. The van der Waals surface area contributed by atoms with Crippen LogP contribution in [-0.2, 0) is 4.79 Å². The molecule has 0 atom stereocenters. The lowest BCUT2D eigenvalue weighted by atomic mass is 10.2. The van der Waals surface area contributed by atoms with E-state index in [2.05, 4.69) is 5.32 Å². The summed E-state index contributed by atoms with van der Waals surface area (Å²) in [6, 6.07) is 8.93. The summed E-state index contributed by atoms with van der Waals surface area (Å²) >= 11 is 1.97. The quantitative estimate of drug-likeness (QED) is 0.667. The Morgan fingerprint density at radius 1 is 1.54 bits per heavy atom. The van der Waals surface area contributed by atoms with E-state index < -0.39 is 0 Å². The van der Waals surface area contributed by atoms with E-state index in [4.69, 9.17) is 5.26 Å². The number of hydrogen-bond donors (Lipinski definition) is 1. The Labute approximate surface area is 89.9 Å². The number of nitriles is 1. The molecule has 13 heavy (non-hydrogen) atoms. The largest absolute Gasteiger partial charge is 0.324 e. The van der Waals surface area contributed by atoms with Gasteiger partial charge in [-0.25, -0.2) is 0 Å². The molecular formula is C9H7IN2O. The smallest absolute Gasteiger partial charge is 0.234 e. The second kappa shape index (κ2) is 4.82. The number of anilines is 1. The van der Waals surface area contributed by atoms with Crippen LogP contribution in [0.15, 0.2) is 24.3 Å². The molecule has 1 amide bonds. The number of nitrogens with zero attached hydrogens (tertiary/aromatic N) is 1. The molecule has 0 radical (unpaired) electrons. The topological polar surface area (TPSA) is 52.9 Å². The highest BCUT2D eigenvalue weighted by atomic mass is 127. The van der Waals surface area contributed by atoms with Crippen molar-refractivity contribution in [3.8, 4) is 6.07 Å². The lowest BCUT2D eigenvalue weighted by Crippen LogP contribution is -2.13. The van der Waals surface area contributed by atoms with Gasteiger partial charge in [0.05, 0.1) is 15.7 Å². The van der Waals surface area contributed by atoms with Gasteiger partial charge >= 0.3 is 0 Å².